The minimum absolute atomic E-state index is 0.184. The summed E-state index contributed by atoms with van der Waals surface area (Å²) in [5.74, 6) is 0.522. The van der Waals surface area contributed by atoms with Crippen LogP contribution in [0, 0.1) is 0 Å². The predicted molar refractivity (Wildman–Crippen MR) is 133 cm³/mol. The zero-order valence-electron chi connectivity index (χ0n) is 16.5. The first-order valence-electron chi connectivity index (χ1n) is 9.45. The molecule has 1 heterocycles. The largest absolute Gasteiger partial charge is 0.487 e. The van der Waals surface area contributed by atoms with Crippen LogP contribution in [0.15, 0.2) is 86.3 Å². The normalized spacial score (nSPS) is 14.8. The number of anilines is 1. The van der Waals surface area contributed by atoms with E-state index < -0.39 is 0 Å². The summed E-state index contributed by atoms with van der Waals surface area (Å²) in [5, 5.41) is 6.41. The Kier molecular flexibility index (Phi) is 6.60. The molecule has 4 rings (SSSR count). The molecule has 0 N–H and O–H groups in total. The van der Waals surface area contributed by atoms with E-state index in [1.54, 1.807) is 24.3 Å². The first kappa shape index (κ1) is 21.8. The molecule has 0 spiro atoms. The zero-order valence-corrected chi connectivity index (χ0v) is 20.4. The number of rotatable bonds is 5. The van der Waals surface area contributed by atoms with Crippen LogP contribution in [0.25, 0.3) is 6.08 Å². The third kappa shape index (κ3) is 4.92. The molecule has 0 aliphatic carbocycles. The van der Waals surface area contributed by atoms with Crippen LogP contribution in [0.5, 0.6) is 5.75 Å². The second-order valence-corrected chi connectivity index (χ2v) is 9.07. The van der Waals surface area contributed by atoms with E-state index in [0.717, 1.165) is 20.1 Å². The lowest BCUT2D eigenvalue weighted by molar-refractivity contribution is -0.114. The molecule has 0 saturated carbocycles. The Morgan fingerprint density at radius 2 is 1.68 bits per heavy atom. The van der Waals surface area contributed by atoms with Crippen LogP contribution in [0.1, 0.15) is 18.1 Å². The summed E-state index contributed by atoms with van der Waals surface area (Å²) in [4.78, 5) is 13.0. The van der Waals surface area contributed by atoms with Crippen molar-refractivity contribution in [1.82, 2.24) is 0 Å². The van der Waals surface area contributed by atoms with E-state index in [-0.39, 0.29) is 5.91 Å². The summed E-state index contributed by atoms with van der Waals surface area (Å²) >= 11 is 13.1. The van der Waals surface area contributed by atoms with Gasteiger partial charge in [0.15, 0.2) is 0 Å². The summed E-state index contributed by atoms with van der Waals surface area (Å²) in [6.45, 7) is 2.28. The van der Waals surface area contributed by atoms with Gasteiger partial charge in [-0.25, -0.2) is 0 Å². The van der Waals surface area contributed by atoms with Gasteiger partial charge in [0.05, 0.1) is 25.9 Å². The van der Waals surface area contributed by atoms with Gasteiger partial charge in [0.2, 0.25) is 0 Å². The first-order valence-corrected chi connectivity index (χ1v) is 11.4. The van der Waals surface area contributed by atoms with Crippen LogP contribution in [-0.4, -0.2) is 11.6 Å². The Morgan fingerprint density at radius 3 is 2.32 bits per heavy atom. The number of nitrogens with zero attached hydrogens (tertiary/aromatic N) is 2. The molecule has 156 valence electrons. The smallest absolute Gasteiger partial charge is 0.280 e. The number of hydrogen-bond donors (Lipinski definition) is 0. The SMILES string of the molecule is CC1=NN(c2ccc(Cl)cc2)C(=O)/C1=C\c1cc(Br)c(OCc2ccccc2)c(Br)c1. The van der Waals surface area contributed by atoms with Gasteiger partial charge in [-0.1, -0.05) is 41.9 Å². The molecule has 3 aromatic rings. The molecule has 31 heavy (non-hydrogen) atoms. The second kappa shape index (κ2) is 9.39. The van der Waals surface area contributed by atoms with Crippen LogP contribution < -0.4 is 9.75 Å². The average molecular weight is 561 g/mol. The highest BCUT2D eigenvalue weighted by Crippen LogP contribution is 2.36. The fourth-order valence-corrected chi connectivity index (χ4v) is 4.72. The van der Waals surface area contributed by atoms with Crippen molar-refractivity contribution in [2.45, 2.75) is 13.5 Å². The van der Waals surface area contributed by atoms with Crippen molar-refractivity contribution in [3.63, 3.8) is 0 Å². The van der Waals surface area contributed by atoms with Crippen LogP contribution in [0.3, 0.4) is 0 Å². The molecule has 0 radical (unpaired) electrons. The summed E-state index contributed by atoms with van der Waals surface area (Å²) in [6, 6.07) is 20.8. The zero-order chi connectivity index (χ0) is 22.0. The number of benzene rings is 3. The Balaban J connectivity index is 1.56. The molecule has 1 aliphatic rings. The fourth-order valence-electron chi connectivity index (χ4n) is 3.14. The van der Waals surface area contributed by atoms with E-state index in [1.807, 2.05) is 55.5 Å². The van der Waals surface area contributed by atoms with Crippen molar-refractivity contribution < 1.29 is 9.53 Å². The molecule has 1 amide bonds. The third-order valence-electron chi connectivity index (χ3n) is 4.69. The highest BCUT2D eigenvalue weighted by atomic mass is 79.9. The Hall–Kier alpha value is -2.41. The highest BCUT2D eigenvalue weighted by Gasteiger charge is 2.28. The quantitative estimate of drug-likeness (QED) is 0.309. The number of ether oxygens (including phenoxy) is 1. The van der Waals surface area contributed by atoms with E-state index in [2.05, 4.69) is 37.0 Å². The number of halogens is 3. The summed E-state index contributed by atoms with van der Waals surface area (Å²) in [7, 11) is 0. The monoisotopic (exact) mass is 558 g/mol. The highest BCUT2D eigenvalue weighted by molar-refractivity contribution is 9.11. The van der Waals surface area contributed by atoms with E-state index in [9.17, 15) is 4.79 Å². The van der Waals surface area contributed by atoms with Gasteiger partial charge in [-0.3, -0.25) is 4.79 Å². The Bertz CT molecular complexity index is 1170. The maximum absolute atomic E-state index is 13.0. The molecule has 3 aromatic carbocycles. The van der Waals surface area contributed by atoms with E-state index >= 15 is 0 Å². The van der Waals surface area contributed by atoms with Crippen molar-refractivity contribution in [1.29, 1.82) is 0 Å². The van der Waals surface area contributed by atoms with Crippen molar-refractivity contribution in [3.8, 4) is 5.75 Å². The van der Waals surface area contributed by atoms with Crippen molar-refractivity contribution >= 4 is 66.8 Å². The number of hydrazone groups is 1. The molecule has 1 aliphatic heterocycles. The van der Waals surface area contributed by atoms with Crippen LogP contribution in [0.4, 0.5) is 5.69 Å². The second-order valence-electron chi connectivity index (χ2n) is 6.92. The molecule has 7 heteroatoms. The van der Waals surface area contributed by atoms with Crippen LogP contribution in [-0.2, 0) is 11.4 Å². The fraction of sp³-hybridized carbons (Fsp3) is 0.0833. The Labute approximate surface area is 202 Å². The van der Waals surface area contributed by atoms with Gasteiger partial charge in [0.25, 0.3) is 5.91 Å². The summed E-state index contributed by atoms with van der Waals surface area (Å²) in [6.07, 6.45) is 1.83. The molecule has 0 fully saturated rings. The van der Waals surface area contributed by atoms with Crippen molar-refractivity contribution in [3.05, 3.63) is 97.4 Å². The first-order chi connectivity index (χ1) is 14.9. The van der Waals surface area contributed by atoms with Gasteiger partial charge >= 0.3 is 0 Å². The third-order valence-corrected chi connectivity index (χ3v) is 6.12. The van der Waals surface area contributed by atoms with Crippen LogP contribution >= 0.6 is 43.5 Å². The minimum Gasteiger partial charge on any atom is -0.487 e. The predicted octanol–water partition coefficient (Wildman–Crippen LogP) is 7.25. The lowest BCUT2D eigenvalue weighted by Crippen LogP contribution is -2.21. The molecule has 0 aromatic heterocycles. The van der Waals surface area contributed by atoms with Crippen molar-refractivity contribution in [2.24, 2.45) is 5.10 Å². The van der Waals surface area contributed by atoms with E-state index in [0.29, 0.717) is 34.4 Å². The van der Waals surface area contributed by atoms with Gasteiger partial charge < -0.3 is 4.74 Å². The van der Waals surface area contributed by atoms with Gasteiger partial charge in [-0.2, -0.15) is 10.1 Å². The van der Waals surface area contributed by atoms with Crippen molar-refractivity contribution in [2.75, 3.05) is 5.01 Å². The standard InChI is InChI=1S/C24H17Br2ClN2O2/c1-15-20(24(30)29(28-15)19-9-7-18(27)8-10-19)11-17-12-21(25)23(22(26)13-17)31-14-16-5-3-2-4-6-16/h2-13H,14H2,1H3/b20-11-. The minimum atomic E-state index is -0.184. The molecular formula is C24H17Br2ClN2O2. The molecule has 0 bridgehead atoms. The lowest BCUT2D eigenvalue weighted by Gasteiger charge is -2.12. The Morgan fingerprint density at radius 1 is 1.03 bits per heavy atom. The maximum atomic E-state index is 13.0. The number of amides is 1. The summed E-state index contributed by atoms with van der Waals surface area (Å²) in [5.41, 5.74) is 3.78. The topological polar surface area (TPSA) is 41.9 Å². The average Bonchev–Trinajstić information content (AvgIpc) is 3.03. The summed E-state index contributed by atoms with van der Waals surface area (Å²) < 4.78 is 7.56. The van der Waals surface area contributed by atoms with Gasteiger partial charge in [-0.15, -0.1) is 0 Å². The molecular weight excluding hydrogens is 544 g/mol. The van der Waals surface area contributed by atoms with Gasteiger partial charge in [0, 0.05) is 5.02 Å². The van der Waals surface area contributed by atoms with Gasteiger partial charge in [0.1, 0.15) is 12.4 Å². The maximum Gasteiger partial charge on any atom is 0.280 e. The lowest BCUT2D eigenvalue weighted by atomic mass is 10.1. The van der Waals surface area contributed by atoms with E-state index in [4.69, 9.17) is 16.3 Å². The van der Waals surface area contributed by atoms with E-state index in [1.165, 1.54) is 5.01 Å². The molecule has 0 atom stereocenters. The number of carbonyl (C=O) groups excluding carboxylic acids is 1. The van der Waals surface area contributed by atoms with Crippen LogP contribution in [0.2, 0.25) is 5.02 Å². The number of carbonyl (C=O) groups is 1. The molecule has 0 saturated heterocycles. The molecule has 0 unspecified atom stereocenters. The molecule has 4 nitrogen and oxygen atoms in total. The van der Waals surface area contributed by atoms with Gasteiger partial charge in [-0.05, 0) is 92.4 Å². The number of hydrogen-bond acceptors (Lipinski definition) is 3.